The first-order chi connectivity index (χ1) is 13.5. The Balaban J connectivity index is 3.19. The molecular formula is C24H40O6. The summed E-state index contributed by atoms with van der Waals surface area (Å²) in [7, 11) is 0. The van der Waals surface area contributed by atoms with Crippen molar-refractivity contribution in [1.82, 2.24) is 0 Å². The fourth-order valence-electron chi connectivity index (χ4n) is 3.93. The average Bonchev–Trinajstić information content (AvgIpc) is 2.84. The predicted octanol–water partition coefficient (Wildman–Crippen LogP) is 3.95. The van der Waals surface area contributed by atoms with Gasteiger partial charge in [0, 0.05) is 16.7 Å². The van der Waals surface area contributed by atoms with Gasteiger partial charge in [0.15, 0.2) is 11.2 Å². The van der Waals surface area contributed by atoms with Crippen LogP contribution >= 0.6 is 0 Å². The molecular weight excluding hydrogens is 384 g/mol. The van der Waals surface area contributed by atoms with Crippen LogP contribution in [-0.2, 0) is 19.1 Å². The first kappa shape index (κ1) is 26.4. The highest BCUT2D eigenvalue weighted by Crippen LogP contribution is 2.52. The molecule has 0 bridgehead atoms. The van der Waals surface area contributed by atoms with Gasteiger partial charge in [0.2, 0.25) is 0 Å². The van der Waals surface area contributed by atoms with Gasteiger partial charge >= 0.3 is 11.9 Å². The summed E-state index contributed by atoms with van der Waals surface area (Å²) in [6, 6.07) is 0. The molecule has 3 unspecified atom stereocenters. The Labute approximate surface area is 181 Å². The zero-order valence-corrected chi connectivity index (χ0v) is 19.8. The van der Waals surface area contributed by atoms with Crippen molar-refractivity contribution in [1.29, 1.82) is 0 Å². The maximum atomic E-state index is 12.8. The molecule has 1 fully saturated rings. The molecule has 172 valence electrons. The number of carbonyl (C=O) groups excluding carboxylic acids is 2. The molecule has 1 saturated carbocycles. The second kappa shape index (κ2) is 9.23. The number of rotatable bonds is 9. The van der Waals surface area contributed by atoms with Gasteiger partial charge in [0.05, 0.1) is 12.2 Å². The standard InChI is InChI=1S/C24H40O6/c1-10-21(6,7)23(27,19(25)29-16(2)3)14-11-12-18-13-15-22(8,9)24(18,28)20(26)30-17(4)5/h10-11,14,16-18,27-28H,1,12-13,15H2,2-9H3/b14-11+. The Morgan fingerprint density at radius 3 is 2.17 bits per heavy atom. The summed E-state index contributed by atoms with van der Waals surface area (Å²) in [6.07, 6.45) is 5.42. The second-order valence-corrected chi connectivity index (χ2v) is 10.1. The van der Waals surface area contributed by atoms with Crippen LogP contribution in [0.15, 0.2) is 24.8 Å². The number of aliphatic hydroxyl groups is 2. The molecule has 0 aromatic carbocycles. The summed E-state index contributed by atoms with van der Waals surface area (Å²) in [5.74, 6) is -1.79. The molecule has 0 amide bonds. The molecule has 6 heteroatoms. The third-order valence-corrected chi connectivity index (χ3v) is 6.32. The SMILES string of the molecule is C=CC(C)(C)C(O)(/C=C/CC1CCC(C)(C)C1(O)C(=O)OC(C)C)C(=O)OC(C)C. The molecule has 0 aliphatic heterocycles. The summed E-state index contributed by atoms with van der Waals surface area (Å²) in [5, 5.41) is 22.6. The van der Waals surface area contributed by atoms with Crippen LogP contribution in [0.25, 0.3) is 0 Å². The van der Waals surface area contributed by atoms with Crippen LogP contribution in [-0.4, -0.2) is 45.6 Å². The maximum Gasteiger partial charge on any atom is 0.343 e. The quantitative estimate of drug-likeness (QED) is 0.430. The zero-order chi connectivity index (χ0) is 23.5. The smallest absolute Gasteiger partial charge is 0.343 e. The molecule has 1 aliphatic rings. The molecule has 3 atom stereocenters. The van der Waals surface area contributed by atoms with Gasteiger partial charge in [-0.25, -0.2) is 9.59 Å². The molecule has 6 nitrogen and oxygen atoms in total. The van der Waals surface area contributed by atoms with Crippen LogP contribution in [0.4, 0.5) is 0 Å². The van der Waals surface area contributed by atoms with E-state index in [1.165, 1.54) is 12.2 Å². The van der Waals surface area contributed by atoms with Crippen molar-refractivity contribution >= 4 is 11.9 Å². The normalized spacial score (nSPS) is 26.1. The van der Waals surface area contributed by atoms with Gasteiger partial charge in [0.25, 0.3) is 0 Å². The van der Waals surface area contributed by atoms with E-state index in [4.69, 9.17) is 9.47 Å². The first-order valence-electron chi connectivity index (χ1n) is 10.7. The number of carbonyl (C=O) groups is 2. The van der Waals surface area contributed by atoms with E-state index in [9.17, 15) is 19.8 Å². The monoisotopic (exact) mass is 424 g/mol. The summed E-state index contributed by atoms with van der Waals surface area (Å²) in [6.45, 7) is 17.8. The summed E-state index contributed by atoms with van der Waals surface area (Å²) < 4.78 is 10.6. The Bertz CT molecular complexity index is 675. The number of esters is 2. The van der Waals surface area contributed by atoms with Crippen molar-refractivity contribution in [2.24, 2.45) is 16.7 Å². The van der Waals surface area contributed by atoms with E-state index < -0.39 is 39.9 Å². The van der Waals surface area contributed by atoms with Crippen molar-refractivity contribution in [2.75, 3.05) is 0 Å². The van der Waals surface area contributed by atoms with Gasteiger partial charge < -0.3 is 19.7 Å². The van der Waals surface area contributed by atoms with Gasteiger partial charge in [-0.3, -0.25) is 0 Å². The highest BCUT2D eigenvalue weighted by molar-refractivity contribution is 5.84. The lowest BCUT2D eigenvalue weighted by molar-refractivity contribution is -0.186. The van der Waals surface area contributed by atoms with Crippen molar-refractivity contribution in [3.05, 3.63) is 24.8 Å². The summed E-state index contributed by atoms with van der Waals surface area (Å²) in [4.78, 5) is 25.4. The van der Waals surface area contributed by atoms with E-state index >= 15 is 0 Å². The predicted molar refractivity (Wildman–Crippen MR) is 117 cm³/mol. The van der Waals surface area contributed by atoms with Crippen LogP contribution < -0.4 is 0 Å². The van der Waals surface area contributed by atoms with E-state index in [1.807, 2.05) is 13.8 Å². The number of hydrogen-bond donors (Lipinski definition) is 2. The fraction of sp³-hybridized carbons (Fsp3) is 0.750. The molecule has 2 N–H and O–H groups in total. The highest BCUT2D eigenvalue weighted by atomic mass is 16.6. The third kappa shape index (κ3) is 4.97. The molecule has 0 heterocycles. The topological polar surface area (TPSA) is 93.1 Å². The zero-order valence-electron chi connectivity index (χ0n) is 19.8. The lowest BCUT2D eigenvalue weighted by Crippen LogP contribution is -2.53. The van der Waals surface area contributed by atoms with Crippen LogP contribution in [0.3, 0.4) is 0 Å². The van der Waals surface area contributed by atoms with Crippen molar-refractivity contribution in [3.63, 3.8) is 0 Å². The lowest BCUT2D eigenvalue weighted by Gasteiger charge is -2.39. The molecule has 0 radical (unpaired) electrons. The van der Waals surface area contributed by atoms with Gasteiger partial charge in [-0.15, -0.1) is 6.58 Å². The largest absolute Gasteiger partial charge is 0.461 e. The van der Waals surface area contributed by atoms with E-state index in [0.717, 1.165) is 0 Å². The minimum absolute atomic E-state index is 0.303. The van der Waals surface area contributed by atoms with Gasteiger partial charge in [-0.05, 0) is 53.0 Å². The second-order valence-electron chi connectivity index (χ2n) is 10.1. The molecule has 0 saturated heterocycles. The Morgan fingerprint density at radius 2 is 1.70 bits per heavy atom. The van der Waals surface area contributed by atoms with Gasteiger partial charge in [-0.1, -0.05) is 39.8 Å². The van der Waals surface area contributed by atoms with Crippen LogP contribution in [0.2, 0.25) is 0 Å². The van der Waals surface area contributed by atoms with Crippen molar-refractivity contribution in [3.8, 4) is 0 Å². The number of hydrogen-bond acceptors (Lipinski definition) is 6. The molecule has 0 aromatic heterocycles. The third-order valence-electron chi connectivity index (χ3n) is 6.32. The van der Waals surface area contributed by atoms with Crippen LogP contribution in [0.1, 0.15) is 74.7 Å². The number of ether oxygens (including phenoxy) is 2. The molecule has 0 aromatic rings. The Kier molecular flexibility index (Phi) is 8.11. The average molecular weight is 425 g/mol. The van der Waals surface area contributed by atoms with E-state index in [0.29, 0.717) is 19.3 Å². The van der Waals surface area contributed by atoms with E-state index in [1.54, 1.807) is 47.6 Å². The summed E-state index contributed by atoms with van der Waals surface area (Å²) in [5.41, 5.74) is -5.21. The van der Waals surface area contributed by atoms with Crippen molar-refractivity contribution < 1.29 is 29.3 Å². The van der Waals surface area contributed by atoms with E-state index in [2.05, 4.69) is 6.58 Å². The Morgan fingerprint density at radius 1 is 1.17 bits per heavy atom. The number of allylic oxidation sites excluding steroid dienone is 1. The minimum atomic E-state index is -1.93. The van der Waals surface area contributed by atoms with Crippen molar-refractivity contribution in [2.45, 2.75) is 98.1 Å². The minimum Gasteiger partial charge on any atom is -0.461 e. The first-order valence-corrected chi connectivity index (χ1v) is 10.7. The highest BCUT2D eigenvalue weighted by Gasteiger charge is 2.60. The van der Waals surface area contributed by atoms with E-state index in [-0.39, 0.29) is 12.2 Å². The van der Waals surface area contributed by atoms with Gasteiger partial charge in [0.1, 0.15) is 0 Å². The van der Waals surface area contributed by atoms with Crippen LogP contribution in [0.5, 0.6) is 0 Å². The molecule has 0 spiro atoms. The van der Waals surface area contributed by atoms with Gasteiger partial charge in [-0.2, -0.15) is 0 Å². The Hall–Kier alpha value is -1.66. The molecule has 30 heavy (non-hydrogen) atoms. The fourth-order valence-corrected chi connectivity index (χ4v) is 3.93. The molecule has 1 rings (SSSR count). The molecule has 1 aliphatic carbocycles. The maximum absolute atomic E-state index is 12.8. The van der Waals surface area contributed by atoms with Crippen LogP contribution in [0, 0.1) is 16.7 Å². The lowest BCUT2D eigenvalue weighted by atomic mass is 9.72. The summed E-state index contributed by atoms with van der Waals surface area (Å²) >= 11 is 0.